The van der Waals surface area contributed by atoms with E-state index in [1.54, 1.807) is 22.9 Å². The van der Waals surface area contributed by atoms with Gasteiger partial charge in [-0.3, -0.25) is 14.7 Å². The van der Waals surface area contributed by atoms with Crippen molar-refractivity contribution in [2.75, 3.05) is 5.32 Å². The largest absolute Gasteiger partial charge is 0.319 e. The maximum atomic E-state index is 12.3. The fourth-order valence-electron chi connectivity index (χ4n) is 2.41. The van der Waals surface area contributed by atoms with E-state index in [1.165, 1.54) is 6.07 Å². The lowest BCUT2D eigenvalue weighted by molar-refractivity contribution is 0.102. The van der Waals surface area contributed by atoms with Crippen molar-refractivity contribution in [2.24, 2.45) is 0 Å². The summed E-state index contributed by atoms with van der Waals surface area (Å²) >= 11 is 0. The van der Waals surface area contributed by atoms with Crippen molar-refractivity contribution in [1.82, 2.24) is 14.8 Å². The lowest BCUT2D eigenvalue weighted by Crippen LogP contribution is -2.20. The molecular formula is C18H18N4O2. The summed E-state index contributed by atoms with van der Waals surface area (Å²) in [5.74, 6) is -0.300. The van der Waals surface area contributed by atoms with Crippen LogP contribution in [0.4, 0.5) is 5.69 Å². The first-order valence-corrected chi connectivity index (χ1v) is 7.80. The number of hydrogen-bond acceptors (Lipinski definition) is 3. The molecule has 0 aliphatic rings. The highest BCUT2D eigenvalue weighted by atomic mass is 16.2. The number of benzene rings is 1. The summed E-state index contributed by atoms with van der Waals surface area (Å²) in [6, 6.07) is 14.4. The van der Waals surface area contributed by atoms with Crippen molar-refractivity contribution in [3.63, 3.8) is 0 Å². The summed E-state index contributed by atoms with van der Waals surface area (Å²) in [7, 11) is 0. The van der Waals surface area contributed by atoms with Crippen LogP contribution in [0.2, 0.25) is 0 Å². The summed E-state index contributed by atoms with van der Waals surface area (Å²) in [5.41, 5.74) is 2.50. The first-order chi connectivity index (χ1) is 11.7. The molecule has 0 atom stereocenters. The minimum absolute atomic E-state index is 0.0808. The number of aryl methyl sites for hydroxylation is 1. The molecule has 2 N–H and O–H groups in total. The van der Waals surface area contributed by atoms with Crippen LogP contribution < -0.4 is 10.9 Å². The number of aromatic nitrogens is 3. The van der Waals surface area contributed by atoms with Crippen molar-refractivity contribution in [3.05, 3.63) is 70.8 Å². The van der Waals surface area contributed by atoms with Gasteiger partial charge in [0.25, 0.3) is 11.5 Å². The molecule has 6 heteroatoms. The summed E-state index contributed by atoms with van der Waals surface area (Å²) in [4.78, 5) is 24.1. The average molecular weight is 322 g/mol. The van der Waals surface area contributed by atoms with Crippen molar-refractivity contribution in [1.29, 1.82) is 0 Å². The molecule has 0 fully saturated rings. The van der Waals surface area contributed by atoms with E-state index in [9.17, 15) is 9.59 Å². The molecule has 0 saturated carbocycles. The van der Waals surface area contributed by atoms with Gasteiger partial charge in [-0.2, -0.15) is 5.10 Å². The highest BCUT2D eigenvalue weighted by Crippen LogP contribution is 2.17. The minimum atomic E-state index is -0.300. The Labute approximate surface area is 139 Å². The van der Waals surface area contributed by atoms with Gasteiger partial charge >= 0.3 is 0 Å². The zero-order chi connectivity index (χ0) is 16.9. The molecule has 0 bridgehead atoms. The Kier molecular flexibility index (Phi) is 4.56. The number of rotatable bonds is 5. The zero-order valence-corrected chi connectivity index (χ0v) is 13.3. The molecule has 3 aromatic rings. The molecule has 0 aliphatic carbocycles. The number of amides is 1. The van der Waals surface area contributed by atoms with Crippen LogP contribution in [0.1, 0.15) is 23.8 Å². The van der Waals surface area contributed by atoms with Gasteiger partial charge in [-0.05, 0) is 18.6 Å². The number of hydrogen-bond donors (Lipinski definition) is 2. The first-order valence-electron chi connectivity index (χ1n) is 7.80. The number of H-pyrrole nitrogens is 1. The van der Waals surface area contributed by atoms with Crippen molar-refractivity contribution in [3.8, 4) is 11.3 Å². The van der Waals surface area contributed by atoms with Crippen LogP contribution in [0.15, 0.2) is 59.5 Å². The standard InChI is InChI=1S/C18H18N4O2/c1-2-10-22-12-14(8-9-17(22)23)19-18(24)16-11-15(20-21-16)13-6-4-3-5-7-13/h3-9,11-12H,2,10H2,1H3,(H,19,24)(H,20,21). The van der Waals surface area contributed by atoms with Crippen molar-refractivity contribution >= 4 is 11.6 Å². The van der Waals surface area contributed by atoms with Gasteiger partial charge in [-0.25, -0.2) is 0 Å². The number of carbonyl (C=O) groups is 1. The number of carbonyl (C=O) groups excluding carboxylic acids is 1. The lowest BCUT2D eigenvalue weighted by atomic mass is 10.1. The van der Waals surface area contributed by atoms with Crippen LogP contribution in [-0.4, -0.2) is 20.7 Å². The Balaban J connectivity index is 1.77. The normalized spacial score (nSPS) is 10.5. The molecule has 1 amide bonds. The number of nitrogens with one attached hydrogen (secondary N) is 2. The average Bonchev–Trinajstić information content (AvgIpc) is 3.09. The van der Waals surface area contributed by atoms with Gasteiger partial charge in [0.1, 0.15) is 5.69 Å². The van der Waals surface area contributed by atoms with E-state index in [1.807, 2.05) is 37.3 Å². The second-order valence-electron chi connectivity index (χ2n) is 5.44. The molecule has 0 unspecified atom stereocenters. The second kappa shape index (κ2) is 6.95. The molecule has 0 spiro atoms. The van der Waals surface area contributed by atoms with Crippen molar-refractivity contribution in [2.45, 2.75) is 19.9 Å². The zero-order valence-electron chi connectivity index (χ0n) is 13.3. The number of nitrogens with zero attached hydrogens (tertiary/aromatic N) is 2. The Morgan fingerprint density at radius 3 is 2.75 bits per heavy atom. The van der Waals surface area contributed by atoms with E-state index < -0.39 is 0 Å². The Bertz CT molecular complexity index is 897. The van der Waals surface area contributed by atoms with Crippen LogP contribution in [0.3, 0.4) is 0 Å². The third-order valence-corrected chi connectivity index (χ3v) is 3.60. The van der Waals surface area contributed by atoms with E-state index in [-0.39, 0.29) is 11.5 Å². The predicted octanol–water partition coefficient (Wildman–Crippen LogP) is 2.90. The van der Waals surface area contributed by atoms with Crippen LogP contribution in [0.5, 0.6) is 0 Å². The fourth-order valence-corrected chi connectivity index (χ4v) is 2.41. The Hall–Kier alpha value is -3.15. The summed E-state index contributed by atoms with van der Waals surface area (Å²) in [5, 5.41) is 9.69. The number of anilines is 1. The highest BCUT2D eigenvalue weighted by Gasteiger charge is 2.11. The highest BCUT2D eigenvalue weighted by molar-refractivity contribution is 6.03. The number of aromatic amines is 1. The molecule has 3 rings (SSSR count). The lowest BCUT2D eigenvalue weighted by Gasteiger charge is -2.07. The maximum Gasteiger partial charge on any atom is 0.273 e. The molecule has 6 nitrogen and oxygen atoms in total. The van der Waals surface area contributed by atoms with Crippen LogP contribution in [0.25, 0.3) is 11.3 Å². The summed E-state index contributed by atoms with van der Waals surface area (Å²) in [6.45, 7) is 2.61. The van der Waals surface area contributed by atoms with Crippen molar-refractivity contribution < 1.29 is 4.79 Å². The predicted molar refractivity (Wildman–Crippen MR) is 93.0 cm³/mol. The molecular weight excluding hydrogens is 304 g/mol. The number of pyridine rings is 1. The van der Waals surface area contributed by atoms with Gasteiger partial charge in [0.15, 0.2) is 0 Å². The van der Waals surface area contributed by atoms with Crippen LogP contribution >= 0.6 is 0 Å². The fraction of sp³-hybridized carbons (Fsp3) is 0.167. The topological polar surface area (TPSA) is 79.8 Å². The van der Waals surface area contributed by atoms with E-state index in [2.05, 4.69) is 15.5 Å². The SMILES string of the molecule is CCCn1cc(NC(=O)c2cc(-c3ccccc3)n[nH]2)ccc1=O. The van der Waals surface area contributed by atoms with E-state index in [4.69, 9.17) is 0 Å². The Morgan fingerprint density at radius 1 is 1.21 bits per heavy atom. The molecule has 2 heterocycles. The molecule has 24 heavy (non-hydrogen) atoms. The third kappa shape index (κ3) is 3.43. The quantitative estimate of drug-likeness (QED) is 0.758. The summed E-state index contributed by atoms with van der Waals surface area (Å²) < 4.78 is 1.58. The van der Waals surface area contributed by atoms with Gasteiger partial charge in [-0.15, -0.1) is 0 Å². The van der Waals surface area contributed by atoms with Gasteiger partial charge < -0.3 is 9.88 Å². The van der Waals surface area contributed by atoms with E-state index >= 15 is 0 Å². The van der Waals surface area contributed by atoms with Crippen LogP contribution in [0, 0.1) is 0 Å². The van der Waals surface area contributed by atoms with Gasteiger partial charge in [0.2, 0.25) is 0 Å². The van der Waals surface area contributed by atoms with Gasteiger partial charge in [0.05, 0.1) is 11.4 Å². The first kappa shape index (κ1) is 15.7. The second-order valence-corrected chi connectivity index (χ2v) is 5.44. The molecule has 0 saturated heterocycles. The van der Waals surface area contributed by atoms with E-state index in [0.29, 0.717) is 23.6 Å². The summed E-state index contributed by atoms with van der Waals surface area (Å²) in [6.07, 6.45) is 2.50. The molecule has 0 radical (unpaired) electrons. The van der Waals surface area contributed by atoms with Crippen LogP contribution in [-0.2, 0) is 6.54 Å². The molecule has 2 aromatic heterocycles. The maximum absolute atomic E-state index is 12.3. The molecule has 122 valence electrons. The van der Waals surface area contributed by atoms with E-state index in [0.717, 1.165) is 12.0 Å². The monoisotopic (exact) mass is 322 g/mol. The smallest absolute Gasteiger partial charge is 0.273 e. The Morgan fingerprint density at radius 2 is 2.00 bits per heavy atom. The third-order valence-electron chi connectivity index (χ3n) is 3.60. The van der Waals surface area contributed by atoms with Gasteiger partial charge in [0, 0.05) is 24.4 Å². The minimum Gasteiger partial charge on any atom is -0.319 e. The molecule has 1 aromatic carbocycles. The van der Waals surface area contributed by atoms with Gasteiger partial charge in [-0.1, -0.05) is 37.3 Å². The molecule has 0 aliphatic heterocycles.